The fraction of sp³-hybridized carbons (Fsp3) is 0.700. The first-order valence-corrected chi connectivity index (χ1v) is 5.30. The average Bonchev–Trinajstić information content (AvgIpc) is 3.00. The summed E-state index contributed by atoms with van der Waals surface area (Å²) in [5, 5.41) is 2.02. The first-order valence-electron chi connectivity index (χ1n) is 5.30. The van der Waals surface area contributed by atoms with E-state index in [1.165, 1.54) is 6.92 Å². The summed E-state index contributed by atoms with van der Waals surface area (Å²) in [6.07, 6.45) is -6.44. The number of carbonyl (C=O) groups is 1. The van der Waals surface area contributed by atoms with E-state index < -0.39 is 36.8 Å². The maximum absolute atomic E-state index is 13.1. The third-order valence-corrected chi connectivity index (χ3v) is 2.68. The molecule has 2 saturated heterocycles. The minimum Gasteiger partial charge on any atom is -0.463 e. The van der Waals surface area contributed by atoms with Gasteiger partial charge in [0.1, 0.15) is 12.3 Å². The van der Waals surface area contributed by atoms with Gasteiger partial charge in [-0.05, 0) is 12.5 Å². The quantitative estimate of drug-likeness (QED) is 0.453. The van der Waals surface area contributed by atoms with Gasteiger partial charge in [0, 0.05) is 0 Å². The van der Waals surface area contributed by atoms with E-state index in [1.54, 1.807) is 0 Å². The minimum absolute atomic E-state index is 0.183. The predicted octanol–water partition coefficient (Wildman–Crippen LogP) is 0.709. The van der Waals surface area contributed by atoms with Crippen LogP contribution in [0.5, 0.6) is 0 Å². The minimum atomic E-state index is -4.96. The highest BCUT2D eigenvalue weighted by Gasteiger charge is 2.68. The Balaban J connectivity index is 2.30. The summed E-state index contributed by atoms with van der Waals surface area (Å²) in [5.41, 5.74) is -2.84. The molecule has 0 bridgehead atoms. The fourth-order valence-electron chi connectivity index (χ4n) is 1.69. The van der Waals surface area contributed by atoms with Crippen molar-refractivity contribution in [3.63, 3.8) is 0 Å². The van der Waals surface area contributed by atoms with Gasteiger partial charge in [-0.25, -0.2) is 10.1 Å². The molecule has 0 spiro atoms. The first kappa shape index (κ1) is 13.3. The summed E-state index contributed by atoms with van der Waals surface area (Å²) < 4.78 is 53.4. The van der Waals surface area contributed by atoms with E-state index in [-0.39, 0.29) is 6.61 Å². The Hall–Kier alpha value is -1.12. The van der Waals surface area contributed by atoms with Gasteiger partial charge in [0.2, 0.25) is 0 Å². The van der Waals surface area contributed by atoms with Crippen molar-refractivity contribution in [2.24, 2.45) is 0 Å². The lowest BCUT2D eigenvalue weighted by molar-refractivity contribution is -0.287. The molecule has 0 aromatic rings. The standard InChI is InChI=1S/C10H12F3NO4/c1-3-16-8(15)9(10(11,12)13)14-7-6(18-7)5(2)4-17-9/h6-7,14H,2-4H2,1H3. The monoisotopic (exact) mass is 267 g/mol. The number of nitrogens with one attached hydrogen (secondary N) is 1. The second-order valence-corrected chi connectivity index (χ2v) is 3.97. The number of halogens is 3. The van der Waals surface area contributed by atoms with E-state index in [0.29, 0.717) is 5.57 Å². The highest BCUT2D eigenvalue weighted by atomic mass is 19.4. The van der Waals surface area contributed by atoms with Gasteiger partial charge in [-0.3, -0.25) is 0 Å². The molecule has 2 fully saturated rings. The molecule has 0 aromatic heterocycles. The van der Waals surface area contributed by atoms with Crippen LogP contribution in [0.25, 0.3) is 0 Å². The van der Waals surface area contributed by atoms with Crippen molar-refractivity contribution in [3.8, 4) is 0 Å². The van der Waals surface area contributed by atoms with E-state index in [9.17, 15) is 18.0 Å². The molecule has 0 radical (unpaired) electrons. The third kappa shape index (κ3) is 2.00. The molecule has 0 saturated carbocycles. The maximum atomic E-state index is 13.1. The summed E-state index contributed by atoms with van der Waals surface area (Å²) in [5.74, 6) is -1.53. The van der Waals surface area contributed by atoms with Gasteiger partial charge < -0.3 is 14.2 Å². The number of carbonyl (C=O) groups excluding carboxylic acids is 1. The normalized spacial score (nSPS) is 35.7. The molecule has 2 aliphatic heterocycles. The second kappa shape index (κ2) is 4.22. The topological polar surface area (TPSA) is 60.1 Å². The number of alkyl halides is 3. The van der Waals surface area contributed by atoms with Gasteiger partial charge in [0.25, 0.3) is 0 Å². The van der Waals surface area contributed by atoms with E-state index in [2.05, 4.69) is 11.3 Å². The largest absolute Gasteiger partial charge is 0.463 e. The Kier molecular flexibility index (Phi) is 3.12. The van der Waals surface area contributed by atoms with Crippen molar-refractivity contribution in [2.45, 2.75) is 31.2 Å². The first-order chi connectivity index (χ1) is 8.32. The number of hydrogen-bond donors (Lipinski definition) is 1. The number of rotatable bonds is 2. The Bertz CT molecular complexity index is 384. The molecule has 3 unspecified atom stereocenters. The molecular weight excluding hydrogens is 255 g/mol. The van der Waals surface area contributed by atoms with E-state index in [0.717, 1.165) is 0 Å². The van der Waals surface area contributed by atoms with Gasteiger partial charge in [0.15, 0.2) is 0 Å². The molecule has 0 aromatic carbocycles. The zero-order valence-corrected chi connectivity index (χ0v) is 9.54. The number of ether oxygens (including phenoxy) is 3. The second-order valence-electron chi connectivity index (χ2n) is 3.97. The van der Waals surface area contributed by atoms with Crippen LogP contribution >= 0.6 is 0 Å². The molecule has 18 heavy (non-hydrogen) atoms. The Morgan fingerprint density at radius 1 is 1.67 bits per heavy atom. The fourth-order valence-corrected chi connectivity index (χ4v) is 1.69. The van der Waals surface area contributed by atoms with Crippen LogP contribution in [0.2, 0.25) is 0 Å². The lowest BCUT2D eigenvalue weighted by atomic mass is 10.2. The van der Waals surface area contributed by atoms with Crippen molar-refractivity contribution in [3.05, 3.63) is 12.2 Å². The van der Waals surface area contributed by atoms with Crippen LogP contribution in [-0.2, 0) is 19.0 Å². The van der Waals surface area contributed by atoms with Crippen molar-refractivity contribution in [2.75, 3.05) is 13.2 Å². The molecule has 1 N–H and O–H groups in total. The molecule has 5 nitrogen and oxygen atoms in total. The van der Waals surface area contributed by atoms with Crippen molar-refractivity contribution < 1.29 is 32.2 Å². The van der Waals surface area contributed by atoms with Crippen LogP contribution < -0.4 is 5.32 Å². The summed E-state index contributed by atoms with van der Waals surface area (Å²) in [6.45, 7) is 4.34. The lowest BCUT2D eigenvalue weighted by Crippen LogP contribution is -2.65. The molecule has 0 aliphatic carbocycles. The van der Waals surface area contributed by atoms with Crippen molar-refractivity contribution in [1.82, 2.24) is 5.32 Å². The molecule has 8 heteroatoms. The van der Waals surface area contributed by atoms with Crippen molar-refractivity contribution >= 4 is 5.97 Å². The highest BCUT2D eigenvalue weighted by molar-refractivity contribution is 5.80. The number of fused-ring (bicyclic) bond motifs is 1. The van der Waals surface area contributed by atoms with Gasteiger partial charge in [-0.1, -0.05) is 6.58 Å². The Morgan fingerprint density at radius 3 is 2.89 bits per heavy atom. The smallest absolute Gasteiger partial charge is 0.443 e. The molecule has 2 aliphatic rings. The number of esters is 1. The molecular formula is C10H12F3NO4. The SMILES string of the molecule is C=C1COC(C(=O)OCC)(C(F)(F)F)NC2OC12. The zero-order valence-electron chi connectivity index (χ0n) is 9.54. The van der Waals surface area contributed by atoms with Gasteiger partial charge in [0.05, 0.1) is 13.2 Å². The third-order valence-electron chi connectivity index (χ3n) is 2.68. The van der Waals surface area contributed by atoms with E-state index in [4.69, 9.17) is 9.47 Å². The maximum Gasteiger partial charge on any atom is 0.443 e. The number of hydrogen-bond acceptors (Lipinski definition) is 5. The lowest BCUT2D eigenvalue weighted by Gasteiger charge is -2.32. The van der Waals surface area contributed by atoms with Crippen molar-refractivity contribution in [1.29, 1.82) is 0 Å². The highest BCUT2D eigenvalue weighted by Crippen LogP contribution is 2.40. The number of epoxide rings is 1. The summed E-state index contributed by atoms with van der Waals surface area (Å²) in [7, 11) is 0. The summed E-state index contributed by atoms with van der Waals surface area (Å²) in [6, 6.07) is 0. The van der Waals surface area contributed by atoms with Crippen LogP contribution in [0.4, 0.5) is 13.2 Å². The summed E-state index contributed by atoms with van der Waals surface area (Å²) >= 11 is 0. The zero-order chi connectivity index (χ0) is 13.6. The van der Waals surface area contributed by atoms with Gasteiger partial charge in [-0.15, -0.1) is 0 Å². The van der Waals surface area contributed by atoms with E-state index in [1.807, 2.05) is 5.32 Å². The Labute approximate surface area is 101 Å². The molecule has 102 valence electrons. The molecule has 2 heterocycles. The molecule has 0 amide bonds. The molecule has 2 rings (SSSR count). The van der Waals surface area contributed by atoms with Gasteiger partial charge in [-0.2, -0.15) is 13.2 Å². The van der Waals surface area contributed by atoms with E-state index >= 15 is 0 Å². The Morgan fingerprint density at radius 2 is 2.33 bits per heavy atom. The average molecular weight is 267 g/mol. The van der Waals surface area contributed by atoms with Crippen LogP contribution in [0.3, 0.4) is 0 Å². The predicted molar refractivity (Wildman–Crippen MR) is 52.3 cm³/mol. The van der Waals surface area contributed by atoms with Crippen LogP contribution in [-0.4, -0.2) is 43.4 Å². The molecule has 3 atom stereocenters. The van der Waals surface area contributed by atoms with Crippen LogP contribution in [0.15, 0.2) is 12.2 Å². The van der Waals surface area contributed by atoms with Gasteiger partial charge >= 0.3 is 17.9 Å². The van der Waals surface area contributed by atoms with Crippen LogP contribution in [0.1, 0.15) is 6.92 Å². The summed E-state index contributed by atoms with van der Waals surface area (Å²) in [4.78, 5) is 11.6. The van der Waals surface area contributed by atoms with Crippen LogP contribution in [0, 0.1) is 0 Å².